The van der Waals surface area contributed by atoms with Crippen LogP contribution in [-0.2, 0) is 0 Å². The fraction of sp³-hybridized carbons (Fsp3) is 0.500. The number of pyridine rings is 1. The summed E-state index contributed by atoms with van der Waals surface area (Å²) in [6, 6.07) is 3.35. The van der Waals surface area contributed by atoms with Gasteiger partial charge in [-0.1, -0.05) is 13.8 Å². The van der Waals surface area contributed by atoms with Gasteiger partial charge in [0.05, 0.1) is 6.61 Å². The molecule has 4 N–H and O–H groups in total. The SMILES string of the molecule is CC(C)CCOc1cc(N)nc(N)c1. The molecule has 0 unspecified atom stereocenters. The summed E-state index contributed by atoms with van der Waals surface area (Å²) in [6.45, 7) is 4.98. The summed E-state index contributed by atoms with van der Waals surface area (Å²) in [5.74, 6) is 2.11. The van der Waals surface area contributed by atoms with Crippen LogP contribution in [0.3, 0.4) is 0 Å². The van der Waals surface area contributed by atoms with Crippen molar-refractivity contribution in [2.24, 2.45) is 5.92 Å². The number of aromatic nitrogens is 1. The average molecular weight is 195 g/mol. The third-order valence-electron chi connectivity index (χ3n) is 1.80. The van der Waals surface area contributed by atoms with Crippen molar-refractivity contribution in [3.05, 3.63) is 12.1 Å². The van der Waals surface area contributed by atoms with Crippen LogP contribution in [0.5, 0.6) is 5.75 Å². The van der Waals surface area contributed by atoms with Gasteiger partial charge in [-0.2, -0.15) is 0 Å². The van der Waals surface area contributed by atoms with Crippen LogP contribution in [0.15, 0.2) is 12.1 Å². The van der Waals surface area contributed by atoms with Crippen LogP contribution in [-0.4, -0.2) is 11.6 Å². The lowest BCUT2D eigenvalue weighted by Gasteiger charge is -2.08. The van der Waals surface area contributed by atoms with E-state index in [1.165, 1.54) is 0 Å². The Morgan fingerprint density at radius 2 is 1.86 bits per heavy atom. The van der Waals surface area contributed by atoms with Gasteiger partial charge < -0.3 is 16.2 Å². The zero-order chi connectivity index (χ0) is 10.6. The second-order valence-corrected chi connectivity index (χ2v) is 3.68. The standard InChI is InChI=1S/C10H17N3O/c1-7(2)3-4-14-8-5-9(11)13-10(12)6-8/h5-7H,3-4H2,1-2H3,(H4,11,12,13). The molecule has 0 atom stereocenters. The first-order chi connectivity index (χ1) is 6.58. The van der Waals surface area contributed by atoms with Crippen molar-refractivity contribution in [2.45, 2.75) is 20.3 Å². The molecule has 0 radical (unpaired) electrons. The van der Waals surface area contributed by atoms with E-state index in [4.69, 9.17) is 16.2 Å². The van der Waals surface area contributed by atoms with E-state index in [0.29, 0.717) is 29.9 Å². The summed E-state index contributed by atoms with van der Waals surface area (Å²) in [6.07, 6.45) is 1.02. The fourth-order valence-electron chi connectivity index (χ4n) is 1.04. The van der Waals surface area contributed by atoms with Crippen LogP contribution in [0.2, 0.25) is 0 Å². The smallest absolute Gasteiger partial charge is 0.129 e. The molecule has 0 aromatic carbocycles. The van der Waals surface area contributed by atoms with Crippen molar-refractivity contribution in [1.29, 1.82) is 0 Å². The molecule has 4 nitrogen and oxygen atoms in total. The number of hydrogen-bond acceptors (Lipinski definition) is 4. The Hall–Kier alpha value is -1.45. The second kappa shape index (κ2) is 4.69. The molecule has 14 heavy (non-hydrogen) atoms. The molecule has 1 heterocycles. The normalized spacial score (nSPS) is 10.5. The summed E-state index contributed by atoms with van der Waals surface area (Å²) in [4.78, 5) is 3.85. The molecule has 0 aliphatic heterocycles. The first-order valence-electron chi connectivity index (χ1n) is 4.74. The average Bonchev–Trinajstić information content (AvgIpc) is 2.01. The molecule has 0 aliphatic rings. The Bertz CT molecular complexity index is 279. The quantitative estimate of drug-likeness (QED) is 0.766. The van der Waals surface area contributed by atoms with E-state index >= 15 is 0 Å². The van der Waals surface area contributed by atoms with Gasteiger partial charge in [0, 0.05) is 12.1 Å². The summed E-state index contributed by atoms with van der Waals surface area (Å²) in [7, 11) is 0. The van der Waals surface area contributed by atoms with E-state index in [1.807, 2.05) is 0 Å². The van der Waals surface area contributed by atoms with Crippen LogP contribution >= 0.6 is 0 Å². The Kier molecular flexibility index (Phi) is 3.56. The largest absolute Gasteiger partial charge is 0.493 e. The summed E-state index contributed by atoms with van der Waals surface area (Å²) in [5.41, 5.74) is 11.0. The summed E-state index contributed by atoms with van der Waals surface area (Å²) >= 11 is 0. The molecule has 0 aliphatic carbocycles. The van der Waals surface area contributed by atoms with Crippen LogP contribution in [0.4, 0.5) is 11.6 Å². The zero-order valence-corrected chi connectivity index (χ0v) is 8.66. The predicted molar refractivity (Wildman–Crippen MR) is 58.0 cm³/mol. The van der Waals surface area contributed by atoms with Crippen LogP contribution in [0, 0.1) is 5.92 Å². The van der Waals surface area contributed by atoms with E-state index in [-0.39, 0.29) is 0 Å². The molecular weight excluding hydrogens is 178 g/mol. The van der Waals surface area contributed by atoms with Gasteiger partial charge in [0.15, 0.2) is 0 Å². The number of hydrogen-bond donors (Lipinski definition) is 2. The van der Waals surface area contributed by atoms with Gasteiger partial charge in [-0.15, -0.1) is 0 Å². The number of nitrogens with zero attached hydrogens (tertiary/aromatic N) is 1. The third-order valence-corrected chi connectivity index (χ3v) is 1.80. The number of nitrogen functional groups attached to an aromatic ring is 2. The molecule has 0 saturated heterocycles. The predicted octanol–water partition coefficient (Wildman–Crippen LogP) is 1.67. The third kappa shape index (κ3) is 3.51. The monoisotopic (exact) mass is 195 g/mol. The van der Waals surface area contributed by atoms with Crippen molar-refractivity contribution in [3.8, 4) is 5.75 Å². The van der Waals surface area contributed by atoms with Gasteiger partial charge in [-0.3, -0.25) is 0 Å². The highest BCUT2D eigenvalue weighted by Gasteiger charge is 1.99. The van der Waals surface area contributed by atoms with Gasteiger partial charge in [-0.25, -0.2) is 4.98 Å². The first kappa shape index (κ1) is 10.6. The molecule has 0 spiro atoms. The Morgan fingerprint density at radius 1 is 1.29 bits per heavy atom. The molecule has 78 valence electrons. The van der Waals surface area contributed by atoms with E-state index in [9.17, 15) is 0 Å². The van der Waals surface area contributed by atoms with Gasteiger partial charge in [0.2, 0.25) is 0 Å². The molecule has 0 bridgehead atoms. The Labute approximate surface area is 84.3 Å². The molecule has 0 amide bonds. The minimum atomic E-state index is 0.393. The maximum Gasteiger partial charge on any atom is 0.129 e. The Balaban J connectivity index is 2.50. The minimum absolute atomic E-state index is 0.393. The number of nitrogens with two attached hydrogens (primary N) is 2. The number of rotatable bonds is 4. The van der Waals surface area contributed by atoms with Crippen molar-refractivity contribution in [2.75, 3.05) is 18.1 Å². The van der Waals surface area contributed by atoms with E-state index in [2.05, 4.69) is 18.8 Å². The lowest BCUT2D eigenvalue weighted by molar-refractivity contribution is 0.289. The molecular formula is C10H17N3O. The van der Waals surface area contributed by atoms with Crippen molar-refractivity contribution < 1.29 is 4.74 Å². The van der Waals surface area contributed by atoms with Crippen LogP contribution in [0.25, 0.3) is 0 Å². The second-order valence-electron chi connectivity index (χ2n) is 3.68. The van der Waals surface area contributed by atoms with Gasteiger partial charge in [0.25, 0.3) is 0 Å². The zero-order valence-electron chi connectivity index (χ0n) is 8.66. The number of ether oxygens (including phenoxy) is 1. The summed E-state index contributed by atoms with van der Waals surface area (Å²) < 4.78 is 5.48. The highest BCUT2D eigenvalue weighted by atomic mass is 16.5. The molecule has 0 fully saturated rings. The van der Waals surface area contributed by atoms with Gasteiger partial charge >= 0.3 is 0 Å². The van der Waals surface area contributed by atoms with Crippen molar-refractivity contribution >= 4 is 11.6 Å². The molecule has 1 aromatic rings. The fourth-order valence-corrected chi connectivity index (χ4v) is 1.04. The maximum absolute atomic E-state index is 5.52. The minimum Gasteiger partial charge on any atom is -0.493 e. The maximum atomic E-state index is 5.52. The highest BCUT2D eigenvalue weighted by Crippen LogP contribution is 2.17. The van der Waals surface area contributed by atoms with Gasteiger partial charge in [0.1, 0.15) is 17.4 Å². The lowest BCUT2D eigenvalue weighted by atomic mass is 10.1. The van der Waals surface area contributed by atoms with Crippen LogP contribution < -0.4 is 16.2 Å². The lowest BCUT2D eigenvalue weighted by Crippen LogP contribution is -2.03. The van der Waals surface area contributed by atoms with Crippen molar-refractivity contribution in [3.63, 3.8) is 0 Å². The highest BCUT2D eigenvalue weighted by molar-refractivity contribution is 5.46. The van der Waals surface area contributed by atoms with Crippen molar-refractivity contribution in [1.82, 2.24) is 4.98 Å². The van der Waals surface area contributed by atoms with Gasteiger partial charge in [-0.05, 0) is 12.3 Å². The van der Waals surface area contributed by atoms with E-state index < -0.39 is 0 Å². The van der Waals surface area contributed by atoms with E-state index in [1.54, 1.807) is 12.1 Å². The van der Waals surface area contributed by atoms with Crippen LogP contribution in [0.1, 0.15) is 20.3 Å². The molecule has 0 saturated carbocycles. The number of anilines is 2. The molecule has 4 heteroatoms. The topological polar surface area (TPSA) is 74.2 Å². The molecule has 1 aromatic heterocycles. The Morgan fingerprint density at radius 3 is 2.36 bits per heavy atom. The summed E-state index contributed by atoms with van der Waals surface area (Å²) in [5, 5.41) is 0. The molecule has 1 rings (SSSR count). The van der Waals surface area contributed by atoms with E-state index in [0.717, 1.165) is 6.42 Å². The first-order valence-corrected chi connectivity index (χ1v) is 4.74.